The van der Waals surface area contributed by atoms with Crippen LogP contribution in [-0.2, 0) is 14.3 Å². The molecule has 0 aliphatic carbocycles. The van der Waals surface area contributed by atoms with Crippen molar-refractivity contribution >= 4 is 11.8 Å². The molecule has 0 saturated carbocycles. The number of nitrogens with one attached hydrogen (secondary N) is 2. The van der Waals surface area contributed by atoms with E-state index in [-0.39, 0.29) is 24.4 Å². The number of methoxy groups -OCH3 is 1. The van der Waals surface area contributed by atoms with Crippen molar-refractivity contribution in [2.75, 3.05) is 40.4 Å². The van der Waals surface area contributed by atoms with Crippen LogP contribution < -0.4 is 10.6 Å². The largest absolute Gasteiger partial charge is 0.385 e. The molecule has 0 aromatic rings. The molecule has 0 aromatic carbocycles. The van der Waals surface area contributed by atoms with E-state index >= 15 is 0 Å². The molecule has 6 nitrogen and oxygen atoms in total. The van der Waals surface area contributed by atoms with Crippen LogP contribution in [0.25, 0.3) is 0 Å². The minimum absolute atomic E-state index is 0.0141. The Balaban J connectivity index is 2.31. The molecule has 0 radical (unpaired) electrons. The fourth-order valence-corrected chi connectivity index (χ4v) is 2.61. The van der Waals surface area contributed by atoms with Crippen LogP contribution in [0.1, 0.15) is 32.6 Å². The normalized spacial score (nSPS) is 21.9. The molecule has 0 aromatic heterocycles. The van der Waals surface area contributed by atoms with E-state index in [0.717, 1.165) is 32.2 Å². The Kier molecular flexibility index (Phi) is 8.30. The average molecular weight is 299 g/mol. The second kappa shape index (κ2) is 9.73. The molecule has 1 aliphatic heterocycles. The summed E-state index contributed by atoms with van der Waals surface area (Å²) in [4.78, 5) is 25.6. The summed E-state index contributed by atoms with van der Waals surface area (Å²) in [6.07, 6.45) is 3.89. The van der Waals surface area contributed by atoms with E-state index in [1.165, 1.54) is 4.90 Å². The van der Waals surface area contributed by atoms with Crippen LogP contribution in [0.5, 0.6) is 0 Å². The molecule has 1 saturated heterocycles. The second-order valence-corrected chi connectivity index (χ2v) is 5.70. The lowest BCUT2D eigenvalue weighted by Gasteiger charge is -2.31. The zero-order valence-corrected chi connectivity index (χ0v) is 13.5. The number of ether oxygens (including phenoxy) is 1. The van der Waals surface area contributed by atoms with Crippen LogP contribution >= 0.6 is 0 Å². The molecule has 1 fully saturated rings. The fourth-order valence-electron chi connectivity index (χ4n) is 2.61. The number of hydrogen-bond acceptors (Lipinski definition) is 4. The molecule has 1 heterocycles. The van der Waals surface area contributed by atoms with Crippen molar-refractivity contribution in [3.05, 3.63) is 0 Å². The minimum atomic E-state index is -0.144. The van der Waals surface area contributed by atoms with E-state index in [1.54, 1.807) is 14.2 Å². The van der Waals surface area contributed by atoms with E-state index in [4.69, 9.17) is 4.74 Å². The highest BCUT2D eigenvalue weighted by Gasteiger charge is 2.28. The Morgan fingerprint density at radius 2 is 2.19 bits per heavy atom. The van der Waals surface area contributed by atoms with Crippen molar-refractivity contribution in [3.63, 3.8) is 0 Å². The third-order valence-corrected chi connectivity index (χ3v) is 3.99. The molecule has 1 rings (SSSR count). The van der Waals surface area contributed by atoms with Crippen LogP contribution in [0.2, 0.25) is 0 Å². The number of hydrogen-bond donors (Lipinski definition) is 2. The summed E-state index contributed by atoms with van der Waals surface area (Å²) >= 11 is 0. The zero-order valence-electron chi connectivity index (χ0n) is 13.5. The van der Waals surface area contributed by atoms with Crippen molar-refractivity contribution in [2.24, 2.45) is 5.92 Å². The average Bonchev–Trinajstić information content (AvgIpc) is 2.50. The SMILES string of the molecule is CCC1CCNC(C(=O)N(C)CC(=O)NCCCOC)C1. The van der Waals surface area contributed by atoms with Crippen molar-refractivity contribution in [2.45, 2.75) is 38.6 Å². The summed E-state index contributed by atoms with van der Waals surface area (Å²) in [5.74, 6) is 0.501. The Morgan fingerprint density at radius 1 is 1.43 bits per heavy atom. The van der Waals surface area contributed by atoms with Crippen LogP contribution in [0.3, 0.4) is 0 Å². The number of piperidine rings is 1. The maximum Gasteiger partial charge on any atom is 0.239 e. The molecule has 2 atom stereocenters. The number of carbonyl (C=O) groups excluding carboxylic acids is 2. The Labute approximate surface area is 127 Å². The van der Waals surface area contributed by atoms with Gasteiger partial charge >= 0.3 is 0 Å². The van der Waals surface area contributed by atoms with E-state index in [1.807, 2.05) is 0 Å². The van der Waals surface area contributed by atoms with E-state index < -0.39 is 0 Å². The molecule has 2 unspecified atom stereocenters. The van der Waals surface area contributed by atoms with Gasteiger partial charge in [-0.15, -0.1) is 0 Å². The monoisotopic (exact) mass is 299 g/mol. The summed E-state index contributed by atoms with van der Waals surface area (Å²) < 4.78 is 4.92. The second-order valence-electron chi connectivity index (χ2n) is 5.70. The van der Waals surface area contributed by atoms with Gasteiger partial charge in [0.15, 0.2) is 0 Å². The van der Waals surface area contributed by atoms with Gasteiger partial charge in [-0.3, -0.25) is 9.59 Å². The van der Waals surface area contributed by atoms with E-state index in [2.05, 4.69) is 17.6 Å². The molecule has 122 valence electrons. The van der Waals surface area contributed by atoms with Gasteiger partial charge in [-0.05, 0) is 31.7 Å². The maximum atomic E-state index is 12.3. The highest BCUT2D eigenvalue weighted by Crippen LogP contribution is 2.20. The molecule has 1 aliphatic rings. The first-order valence-electron chi connectivity index (χ1n) is 7.82. The minimum Gasteiger partial charge on any atom is -0.385 e. The van der Waals surface area contributed by atoms with Gasteiger partial charge in [0.2, 0.25) is 11.8 Å². The summed E-state index contributed by atoms with van der Waals surface area (Å²) in [6.45, 7) is 4.36. The number of amides is 2. The predicted molar refractivity (Wildman–Crippen MR) is 81.9 cm³/mol. The fraction of sp³-hybridized carbons (Fsp3) is 0.867. The first kappa shape index (κ1) is 17.9. The van der Waals surface area contributed by atoms with Crippen molar-refractivity contribution < 1.29 is 14.3 Å². The third-order valence-electron chi connectivity index (χ3n) is 3.99. The summed E-state index contributed by atoms with van der Waals surface area (Å²) in [6, 6.07) is -0.144. The lowest BCUT2D eigenvalue weighted by molar-refractivity contribution is -0.137. The van der Waals surface area contributed by atoms with Gasteiger partial charge in [-0.1, -0.05) is 13.3 Å². The highest BCUT2D eigenvalue weighted by atomic mass is 16.5. The van der Waals surface area contributed by atoms with E-state index in [0.29, 0.717) is 19.1 Å². The molecule has 0 bridgehead atoms. The van der Waals surface area contributed by atoms with Crippen LogP contribution in [0, 0.1) is 5.92 Å². The molecule has 2 amide bonds. The number of nitrogens with zero attached hydrogens (tertiary/aromatic N) is 1. The van der Waals surface area contributed by atoms with E-state index in [9.17, 15) is 9.59 Å². The molecule has 0 spiro atoms. The summed E-state index contributed by atoms with van der Waals surface area (Å²) in [7, 11) is 3.32. The Hall–Kier alpha value is -1.14. The third kappa shape index (κ3) is 6.44. The molecule has 21 heavy (non-hydrogen) atoms. The van der Waals surface area contributed by atoms with Gasteiger partial charge in [-0.2, -0.15) is 0 Å². The molecular weight excluding hydrogens is 270 g/mol. The first-order chi connectivity index (χ1) is 10.1. The first-order valence-corrected chi connectivity index (χ1v) is 7.82. The molecule has 2 N–H and O–H groups in total. The van der Waals surface area contributed by atoms with Crippen LogP contribution in [0.4, 0.5) is 0 Å². The van der Waals surface area contributed by atoms with Gasteiger partial charge in [0.1, 0.15) is 0 Å². The van der Waals surface area contributed by atoms with Gasteiger partial charge < -0.3 is 20.3 Å². The predicted octanol–water partition coefficient (Wildman–Crippen LogP) is 0.376. The Bertz CT molecular complexity index is 336. The zero-order chi connectivity index (χ0) is 15.7. The lowest BCUT2D eigenvalue weighted by atomic mass is 9.90. The van der Waals surface area contributed by atoms with Crippen LogP contribution in [0.15, 0.2) is 0 Å². The maximum absolute atomic E-state index is 12.3. The van der Waals surface area contributed by atoms with Gasteiger partial charge in [0, 0.05) is 27.3 Å². The van der Waals surface area contributed by atoms with Crippen molar-refractivity contribution in [1.82, 2.24) is 15.5 Å². The quantitative estimate of drug-likeness (QED) is 0.636. The summed E-state index contributed by atoms with van der Waals surface area (Å²) in [5.41, 5.74) is 0. The van der Waals surface area contributed by atoms with Gasteiger partial charge in [0.25, 0.3) is 0 Å². The lowest BCUT2D eigenvalue weighted by Crippen LogP contribution is -2.51. The smallest absolute Gasteiger partial charge is 0.239 e. The molecule has 6 heteroatoms. The van der Waals surface area contributed by atoms with Gasteiger partial charge in [-0.25, -0.2) is 0 Å². The van der Waals surface area contributed by atoms with Crippen molar-refractivity contribution in [1.29, 1.82) is 0 Å². The number of rotatable bonds is 8. The molecular formula is C15H29N3O3. The summed E-state index contributed by atoms with van der Waals surface area (Å²) in [5, 5.41) is 6.05. The topological polar surface area (TPSA) is 70.7 Å². The van der Waals surface area contributed by atoms with Gasteiger partial charge in [0.05, 0.1) is 12.6 Å². The standard InChI is InChI=1S/C15H29N3O3/c1-4-12-6-8-16-13(10-12)15(20)18(2)11-14(19)17-7-5-9-21-3/h12-13,16H,4-11H2,1-3H3,(H,17,19). The Morgan fingerprint density at radius 3 is 2.86 bits per heavy atom. The highest BCUT2D eigenvalue weighted by molar-refractivity contribution is 5.87. The number of likely N-dealkylation sites (N-methyl/N-ethyl adjacent to an activating group) is 1. The van der Waals surface area contributed by atoms with Crippen molar-refractivity contribution in [3.8, 4) is 0 Å². The van der Waals surface area contributed by atoms with Crippen LogP contribution in [-0.4, -0.2) is 63.2 Å². The number of carbonyl (C=O) groups is 2.